The third-order valence-electron chi connectivity index (χ3n) is 6.58. The molecule has 1 fully saturated rings. The normalized spacial score (nSPS) is 16.8. The van der Waals surface area contributed by atoms with E-state index < -0.39 is 39.9 Å². The molecule has 2 atom stereocenters. The first-order valence-corrected chi connectivity index (χ1v) is 14.5. The van der Waals surface area contributed by atoms with Gasteiger partial charge in [-0.3, -0.25) is 14.4 Å². The Labute approximate surface area is 233 Å². The van der Waals surface area contributed by atoms with Gasteiger partial charge in [0.2, 0.25) is 21.8 Å². The molecule has 0 aromatic heterocycles. The Morgan fingerprint density at radius 1 is 1.05 bits per heavy atom. The van der Waals surface area contributed by atoms with Gasteiger partial charge in [-0.05, 0) is 36.1 Å². The summed E-state index contributed by atoms with van der Waals surface area (Å²) in [4.78, 5) is 52.7. The molecular weight excluding hydrogens is 536 g/mol. The summed E-state index contributed by atoms with van der Waals surface area (Å²) in [6.45, 7) is 1.94. The zero-order valence-electron chi connectivity index (χ0n) is 22.3. The maximum atomic E-state index is 13.1. The number of sulfonamides is 1. The fourth-order valence-corrected chi connectivity index (χ4v) is 6.05. The molecule has 0 spiro atoms. The molecule has 0 radical (unpaired) electrons. The van der Waals surface area contributed by atoms with Crippen molar-refractivity contribution in [3.8, 4) is 0 Å². The Balaban J connectivity index is 1.58. The van der Waals surface area contributed by atoms with Gasteiger partial charge in [-0.2, -0.15) is 4.31 Å². The van der Waals surface area contributed by atoms with Crippen molar-refractivity contribution in [1.29, 1.82) is 0 Å². The molecule has 1 aliphatic heterocycles. The van der Waals surface area contributed by atoms with Crippen molar-refractivity contribution in [2.45, 2.75) is 68.8 Å². The van der Waals surface area contributed by atoms with Gasteiger partial charge in [-0.15, -0.1) is 0 Å². The number of nitrogens with zero attached hydrogens (tertiary/aromatic N) is 2. The maximum Gasteiger partial charge on any atom is 0.326 e. The van der Waals surface area contributed by atoms with E-state index in [1.54, 1.807) is 49.4 Å². The number of carboxylic acid groups (broad SMARTS) is 1. The molecule has 0 saturated carbocycles. The molecule has 2 amide bonds. The van der Waals surface area contributed by atoms with Crippen molar-refractivity contribution in [1.82, 2.24) is 9.62 Å². The van der Waals surface area contributed by atoms with E-state index >= 15 is 0 Å². The van der Waals surface area contributed by atoms with Crippen LogP contribution in [0.1, 0.15) is 50.2 Å². The van der Waals surface area contributed by atoms with Gasteiger partial charge in [0.15, 0.2) is 0 Å². The minimum atomic E-state index is -3.91. The molecule has 40 heavy (non-hydrogen) atoms. The van der Waals surface area contributed by atoms with E-state index in [1.807, 2.05) is 0 Å². The summed E-state index contributed by atoms with van der Waals surface area (Å²) in [5.41, 5.74) is 6.84. The molecule has 0 bridgehead atoms. The van der Waals surface area contributed by atoms with Crippen molar-refractivity contribution in [2.24, 2.45) is 10.7 Å². The highest BCUT2D eigenvalue weighted by Gasteiger charge is 2.40. The van der Waals surface area contributed by atoms with Crippen LogP contribution in [0.25, 0.3) is 0 Å². The third-order valence-corrected chi connectivity index (χ3v) is 8.51. The molecule has 1 aliphatic rings. The Morgan fingerprint density at radius 2 is 1.70 bits per heavy atom. The summed E-state index contributed by atoms with van der Waals surface area (Å²) in [5.74, 6) is -2.27. The number of nitrogens with one attached hydrogen (secondary N) is 1. The quantitative estimate of drug-likeness (QED) is 0.241. The van der Waals surface area contributed by atoms with Crippen LogP contribution in [0.2, 0.25) is 0 Å². The molecule has 3 rings (SSSR count). The number of amides is 2. The van der Waals surface area contributed by atoms with Gasteiger partial charge in [0, 0.05) is 38.6 Å². The van der Waals surface area contributed by atoms with E-state index in [2.05, 4.69) is 10.3 Å². The van der Waals surface area contributed by atoms with Crippen molar-refractivity contribution in [2.75, 3.05) is 6.54 Å². The SMILES string of the molecule is CCC(N)=NC(=O)CCC(=O)Cc1ccc(CC(NC(=O)[C@@H]2CCCN2S(=O)(=O)c2ccccc2)C(=O)O)cc1. The topological polar surface area (TPSA) is 176 Å². The predicted molar refractivity (Wildman–Crippen MR) is 148 cm³/mol. The first kappa shape index (κ1) is 30.6. The lowest BCUT2D eigenvalue weighted by Crippen LogP contribution is -2.51. The summed E-state index contributed by atoms with van der Waals surface area (Å²) in [7, 11) is -3.91. The second-order valence-electron chi connectivity index (χ2n) is 9.57. The average Bonchev–Trinajstić information content (AvgIpc) is 3.44. The third kappa shape index (κ3) is 8.30. The van der Waals surface area contributed by atoms with Gasteiger partial charge in [0.05, 0.1) is 4.90 Å². The number of carboxylic acids is 1. The highest BCUT2D eigenvalue weighted by atomic mass is 32.2. The summed E-state index contributed by atoms with van der Waals surface area (Å²) in [6, 6.07) is 12.2. The van der Waals surface area contributed by atoms with Gasteiger partial charge in [-0.25, -0.2) is 18.2 Å². The first-order valence-electron chi connectivity index (χ1n) is 13.1. The van der Waals surface area contributed by atoms with Gasteiger partial charge in [0.1, 0.15) is 23.7 Å². The largest absolute Gasteiger partial charge is 0.480 e. The molecule has 12 heteroatoms. The van der Waals surface area contributed by atoms with Gasteiger partial charge >= 0.3 is 5.97 Å². The second-order valence-corrected chi connectivity index (χ2v) is 11.5. The lowest BCUT2D eigenvalue weighted by molar-refractivity contribution is -0.142. The zero-order valence-corrected chi connectivity index (χ0v) is 23.1. The molecule has 214 valence electrons. The molecule has 11 nitrogen and oxygen atoms in total. The first-order chi connectivity index (χ1) is 19.0. The van der Waals surface area contributed by atoms with E-state index in [1.165, 1.54) is 12.1 Å². The number of amidine groups is 1. The standard InChI is InChI=1S/C28H34N4O7S/c1-2-25(29)31-26(34)15-14-21(33)17-19-10-12-20(13-11-19)18-23(28(36)37)30-27(35)24-9-6-16-32(24)40(38,39)22-7-4-3-5-8-22/h3-5,7-8,10-13,23-24H,2,6,9,14-18H2,1H3,(H,30,35)(H,36,37)(H2,29,31,34)/t23?,24-/m0/s1. The van der Waals surface area contributed by atoms with Crippen molar-refractivity contribution in [3.05, 3.63) is 65.7 Å². The lowest BCUT2D eigenvalue weighted by atomic mass is 10.0. The molecular formula is C28H34N4O7S. The van der Waals surface area contributed by atoms with Crippen LogP contribution >= 0.6 is 0 Å². The molecule has 1 saturated heterocycles. The summed E-state index contributed by atoms with van der Waals surface area (Å²) in [6.07, 6.45) is 1.31. The minimum Gasteiger partial charge on any atom is -0.480 e. The number of rotatable bonds is 13. The van der Waals surface area contributed by atoms with Crippen LogP contribution in [0.3, 0.4) is 0 Å². The van der Waals surface area contributed by atoms with Crippen LogP contribution in [-0.2, 0) is 42.0 Å². The molecule has 0 aliphatic carbocycles. The number of hydrogen-bond acceptors (Lipinski definition) is 6. The van der Waals surface area contributed by atoms with E-state index in [-0.39, 0.29) is 55.2 Å². The number of carbonyl (C=O) groups excluding carboxylic acids is 3. The smallest absolute Gasteiger partial charge is 0.326 e. The monoisotopic (exact) mass is 570 g/mol. The number of aliphatic carboxylic acids is 1. The second kappa shape index (κ2) is 13.9. The number of benzene rings is 2. The van der Waals surface area contributed by atoms with Crippen molar-refractivity contribution in [3.63, 3.8) is 0 Å². The number of carbonyl (C=O) groups is 4. The van der Waals surface area contributed by atoms with Crippen LogP contribution < -0.4 is 11.1 Å². The van der Waals surface area contributed by atoms with Crippen molar-refractivity contribution < 1.29 is 32.7 Å². The number of hydrogen-bond donors (Lipinski definition) is 3. The minimum absolute atomic E-state index is 0.0251. The van der Waals surface area contributed by atoms with Crippen LogP contribution in [0.5, 0.6) is 0 Å². The number of aliphatic imine (C=N–C) groups is 1. The fourth-order valence-electron chi connectivity index (χ4n) is 4.37. The number of ketones is 1. The van der Waals surface area contributed by atoms with Gasteiger partial charge < -0.3 is 16.2 Å². The summed E-state index contributed by atoms with van der Waals surface area (Å²) in [5, 5.41) is 12.2. The number of Topliss-reactive ketones (excluding diaryl/α,β-unsaturated/α-hetero) is 1. The van der Waals surface area contributed by atoms with Gasteiger partial charge in [0.25, 0.3) is 0 Å². The summed E-state index contributed by atoms with van der Waals surface area (Å²) < 4.78 is 27.3. The zero-order chi connectivity index (χ0) is 29.3. The molecule has 2 aromatic rings. The van der Waals surface area contributed by atoms with Crippen molar-refractivity contribution >= 4 is 39.4 Å². The van der Waals surface area contributed by atoms with Crippen LogP contribution in [-0.4, -0.2) is 65.9 Å². The molecule has 1 unspecified atom stereocenters. The van der Waals surface area contributed by atoms with E-state index in [4.69, 9.17) is 5.73 Å². The van der Waals surface area contributed by atoms with E-state index in [9.17, 15) is 32.7 Å². The molecule has 1 heterocycles. The van der Waals surface area contributed by atoms with E-state index in [0.29, 0.717) is 24.0 Å². The Bertz CT molecular complexity index is 1360. The van der Waals surface area contributed by atoms with Crippen LogP contribution in [0.15, 0.2) is 64.5 Å². The lowest BCUT2D eigenvalue weighted by Gasteiger charge is -2.25. The molecule has 4 N–H and O–H groups in total. The number of nitrogens with two attached hydrogens (primary N) is 1. The predicted octanol–water partition coefficient (Wildman–Crippen LogP) is 1.84. The average molecular weight is 571 g/mol. The molecule has 2 aromatic carbocycles. The highest BCUT2D eigenvalue weighted by molar-refractivity contribution is 7.89. The Morgan fingerprint density at radius 3 is 2.33 bits per heavy atom. The maximum absolute atomic E-state index is 13.1. The Kier molecular flexibility index (Phi) is 10.7. The fraction of sp³-hybridized carbons (Fsp3) is 0.393. The van der Waals surface area contributed by atoms with E-state index in [0.717, 1.165) is 4.31 Å². The highest BCUT2D eigenvalue weighted by Crippen LogP contribution is 2.26. The van der Waals surface area contributed by atoms with Gasteiger partial charge in [-0.1, -0.05) is 49.4 Å². The van der Waals surface area contributed by atoms with Crippen LogP contribution in [0.4, 0.5) is 0 Å². The van der Waals surface area contributed by atoms with Crippen LogP contribution in [0, 0.1) is 0 Å². The Hall–Kier alpha value is -3.90. The summed E-state index contributed by atoms with van der Waals surface area (Å²) >= 11 is 0.